The Balaban J connectivity index is 2.09. The maximum Gasteiger partial charge on any atom is 0.276 e. The predicted molar refractivity (Wildman–Crippen MR) is 100 cm³/mol. The van der Waals surface area contributed by atoms with Crippen molar-refractivity contribution in [3.63, 3.8) is 0 Å². The summed E-state index contributed by atoms with van der Waals surface area (Å²) in [5, 5.41) is 12.3. The molecule has 3 N–H and O–H groups in total. The Labute approximate surface area is 160 Å². The zero-order valence-corrected chi connectivity index (χ0v) is 15.4. The average molecular weight is 473 g/mol. The number of nitrogens with one attached hydrogen (secondary N) is 2. The molecule has 1 amide bonds. The molecule has 25 heavy (non-hydrogen) atoms. The lowest BCUT2D eigenvalue weighted by molar-refractivity contribution is 0.0707. The van der Waals surface area contributed by atoms with E-state index in [0.717, 1.165) is 9.64 Å². The molecule has 9 heteroatoms. The van der Waals surface area contributed by atoms with Crippen molar-refractivity contribution >= 4 is 51.5 Å². The minimum Gasteiger partial charge on any atom is -0.354 e. The van der Waals surface area contributed by atoms with Gasteiger partial charge in [-0.1, -0.05) is 11.6 Å². The van der Waals surface area contributed by atoms with Crippen LogP contribution >= 0.6 is 34.2 Å². The van der Waals surface area contributed by atoms with E-state index in [1.165, 1.54) is 23.2 Å². The molecule has 0 aliphatic rings. The van der Waals surface area contributed by atoms with E-state index in [0.29, 0.717) is 10.7 Å². The highest BCUT2D eigenvalue weighted by Crippen LogP contribution is 2.31. The van der Waals surface area contributed by atoms with Crippen LogP contribution in [0.3, 0.4) is 0 Å². The Bertz CT molecular complexity index is 934. The molecule has 0 aliphatic carbocycles. The average Bonchev–Trinajstić information content (AvgIpc) is 3.11. The van der Waals surface area contributed by atoms with Crippen LogP contribution in [-0.2, 0) is 0 Å². The molecule has 1 heterocycles. The zero-order chi connectivity index (χ0) is 18.0. The molecule has 0 atom stereocenters. The van der Waals surface area contributed by atoms with Crippen molar-refractivity contribution in [2.75, 3.05) is 5.32 Å². The van der Waals surface area contributed by atoms with Crippen molar-refractivity contribution in [3.05, 3.63) is 69.0 Å². The third-order valence-corrected chi connectivity index (χ3v) is 4.40. The second-order valence-corrected chi connectivity index (χ2v) is 6.66. The summed E-state index contributed by atoms with van der Waals surface area (Å²) in [4.78, 5) is 15.9. The van der Waals surface area contributed by atoms with Crippen LogP contribution < -0.4 is 10.8 Å². The molecule has 2 aromatic carbocycles. The molecule has 0 saturated heterocycles. The normalized spacial score (nSPS) is 10.6. The largest absolute Gasteiger partial charge is 0.354 e. The quantitative estimate of drug-likeness (QED) is 0.303. The first-order valence-corrected chi connectivity index (χ1v) is 8.43. The summed E-state index contributed by atoms with van der Waals surface area (Å²) < 4.78 is 16.9. The molecule has 0 spiro atoms. The van der Waals surface area contributed by atoms with Gasteiger partial charge in [-0.25, -0.2) is 14.9 Å². The van der Waals surface area contributed by atoms with Gasteiger partial charge in [-0.15, -0.1) is 0 Å². The van der Waals surface area contributed by atoms with Gasteiger partial charge in [0, 0.05) is 22.0 Å². The smallest absolute Gasteiger partial charge is 0.276 e. The minimum atomic E-state index is -0.787. The van der Waals surface area contributed by atoms with E-state index in [1.807, 2.05) is 6.07 Å². The van der Waals surface area contributed by atoms with Crippen molar-refractivity contribution in [2.24, 2.45) is 0 Å². The van der Waals surface area contributed by atoms with E-state index in [4.69, 9.17) is 16.8 Å². The number of amides is 1. The van der Waals surface area contributed by atoms with E-state index in [2.05, 4.69) is 32.9 Å². The van der Waals surface area contributed by atoms with E-state index in [-0.39, 0.29) is 16.9 Å². The molecule has 6 nitrogen and oxygen atoms in total. The highest BCUT2D eigenvalue weighted by atomic mass is 127. The van der Waals surface area contributed by atoms with E-state index in [9.17, 15) is 9.18 Å². The first kappa shape index (κ1) is 17.6. The number of hydroxylamine groups is 1. The van der Waals surface area contributed by atoms with Gasteiger partial charge >= 0.3 is 0 Å². The molecule has 0 bridgehead atoms. The number of carbonyl (C=O) groups excluding carboxylic acids is 1. The first-order valence-electron chi connectivity index (χ1n) is 6.98. The molecule has 0 radical (unpaired) electrons. The molecule has 0 unspecified atom stereocenters. The van der Waals surface area contributed by atoms with Gasteiger partial charge in [-0.3, -0.25) is 10.0 Å². The Morgan fingerprint density at radius 2 is 2.08 bits per heavy atom. The van der Waals surface area contributed by atoms with Crippen LogP contribution in [0.15, 0.2) is 49.1 Å². The Hall–Kier alpha value is -2.17. The number of carbonyl (C=O) groups is 1. The van der Waals surface area contributed by atoms with Gasteiger partial charge in [0.25, 0.3) is 5.91 Å². The van der Waals surface area contributed by atoms with Crippen LogP contribution in [0.5, 0.6) is 0 Å². The Morgan fingerprint density at radius 1 is 1.28 bits per heavy atom. The number of rotatable bonds is 4. The maximum absolute atomic E-state index is 14.5. The standard InChI is InChI=1S/C16H11ClFIN4O2/c17-11-5-9(19)1-2-13(11)21-14-7-12(18)15(23-4-3-20-8-23)6-10(14)16(24)22-25/h1-8,21,25H,(H,22,24). The van der Waals surface area contributed by atoms with Gasteiger partial charge < -0.3 is 9.88 Å². The molecule has 128 valence electrons. The summed E-state index contributed by atoms with van der Waals surface area (Å²) in [6.07, 6.45) is 4.44. The molecular formula is C16H11ClFIN4O2. The van der Waals surface area contributed by atoms with Gasteiger partial charge in [0.05, 0.1) is 34.0 Å². The van der Waals surface area contributed by atoms with Crippen LogP contribution in [0.4, 0.5) is 15.8 Å². The number of halogens is 3. The summed E-state index contributed by atoms with van der Waals surface area (Å²) in [6, 6.07) is 7.73. The lowest BCUT2D eigenvalue weighted by Gasteiger charge is -2.15. The number of hydrogen-bond donors (Lipinski definition) is 3. The molecule has 3 rings (SSSR count). The second-order valence-electron chi connectivity index (χ2n) is 5.01. The number of anilines is 2. The lowest BCUT2D eigenvalue weighted by atomic mass is 10.1. The van der Waals surface area contributed by atoms with E-state index < -0.39 is 11.7 Å². The summed E-state index contributed by atoms with van der Waals surface area (Å²) >= 11 is 8.29. The van der Waals surface area contributed by atoms with Gasteiger partial charge in [0.2, 0.25) is 0 Å². The van der Waals surface area contributed by atoms with Gasteiger partial charge in [-0.05, 0) is 46.9 Å². The van der Waals surface area contributed by atoms with Crippen LogP contribution in [0.1, 0.15) is 10.4 Å². The van der Waals surface area contributed by atoms with Crippen molar-refractivity contribution < 1.29 is 14.4 Å². The van der Waals surface area contributed by atoms with Gasteiger partial charge in [0.1, 0.15) is 5.82 Å². The zero-order valence-electron chi connectivity index (χ0n) is 12.5. The topological polar surface area (TPSA) is 79.2 Å². The fourth-order valence-corrected chi connectivity index (χ4v) is 3.15. The monoisotopic (exact) mass is 472 g/mol. The lowest BCUT2D eigenvalue weighted by Crippen LogP contribution is -2.20. The highest BCUT2D eigenvalue weighted by Gasteiger charge is 2.17. The number of benzene rings is 2. The number of imidazole rings is 1. The first-order chi connectivity index (χ1) is 12.0. The van der Waals surface area contributed by atoms with Crippen LogP contribution in [0.2, 0.25) is 5.02 Å². The molecule has 0 aliphatic heterocycles. The van der Waals surface area contributed by atoms with Gasteiger partial charge in [0.15, 0.2) is 0 Å². The summed E-state index contributed by atoms with van der Waals surface area (Å²) in [6.45, 7) is 0. The van der Waals surface area contributed by atoms with Crippen LogP contribution in [-0.4, -0.2) is 20.7 Å². The fourth-order valence-electron chi connectivity index (χ4n) is 2.25. The van der Waals surface area contributed by atoms with Crippen LogP contribution in [0, 0.1) is 9.39 Å². The summed E-state index contributed by atoms with van der Waals surface area (Å²) in [5.41, 5.74) is 2.39. The van der Waals surface area contributed by atoms with Crippen molar-refractivity contribution in [2.45, 2.75) is 0 Å². The Morgan fingerprint density at radius 3 is 2.72 bits per heavy atom. The molecular weight excluding hydrogens is 462 g/mol. The van der Waals surface area contributed by atoms with Crippen molar-refractivity contribution in [1.82, 2.24) is 15.0 Å². The third kappa shape index (κ3) is 3.75. The molecule has 3 aromatic rings. The highest BCUT2D eigenvalue weighted by molar-refractivity contribution is 14.1. The van der Waals surface area contributed by atoms with Crippen molar-refractivity contribution in [3.8, 4) is 5.69 Å². The Kier molecular flexibility index (Phi) is 5.21. The van der Waals surface area contributed by atoms with E-state index in [1.54, 1.807) is 23.8 Å². The minimum absolute atomic E-state index is 0.0437. The maximum atomic E-state index is 14.5. The molecule has 0 saturated carbocycles. The molecule has 0 fully saturated rings. The molecule has 1 aromatic heterocycles. The fraction of sp³-hybridized carbons (Fsp3) is 0. The summed E-state index contributed by atoms with van der Waals surface area (Å²) in [7, 11) is 0. The number of hydrogen-bond acceptors (Lipinski definition) is 4. The van der Waals surface area contributed by atoms with Crippen LogP contribution in [0.25, 0.3) is 5.69 Å². The SMILES string of the molecule is O=C(NO)c1cc(-n2ccnc2)c(F)cc1Nc1ccc(I)cc1Cl. The number of nitrogens with zero attached hydrogens (tertiary/aromatic N) is 2. The predicted octanol–water partition coefficient (Wildman–Crippen LogP) is 4.13. The number of aromatic nitrogens is 2. The van der Waals surface area contributed by atoms with E-state index >= 15 is 0 Å². The third-order valence-electron chi connectivity index (χ3n) is 3.42. The van der Waals surface area contributed by atoms with Gasteiger partial charge in [-0.2, -0.15) is 0 Å². The second kappa shape index (κ2) is 7.38. The summed E-state index contributed by atoms with van der Waals surface area (Å²) in [5.74, 6) is -1.36. The van der Waals surface area contributed by atoms with Crippen molar-refractivity contribution in [1.29, 1.82) is 0 Å².